The van der Waals surface area contributed by atoms with Gasteiger partial charge < -0.3 is 41.2 Å². The van der Waals surface area contributed by atoms with Crippen molar-refractivity contribution < 1.29 is 34.4 Å². The average molecular weight is 462 g/mol. The summed E-state index contributed by atoms with van der Waals surface area (Å²) in [6.07, 6.45) is 6.70. The van der Waals surface area contributed by atoms with Crippen LogP contribution in [0.3, 0.4) is 0 Å². The highest BCUT2D eigenvalue weighted by atomic mass is 16.5. The number of carbonyl (C=O) groups is 2. The summed E-state index contributed by atoms with van der Waals surface area (Å²) >= 11 is 0. The number of carbonyl (C=O) groups excluding carboxylic acids is 1. The standard InChI is InChI=1S/C22H43N3O7/c23-11-4-3-9-20(22(29)30)25-21(28)10-2-1-5-12-24-13-17(26)14-31-15-18(27)16-32-19-7-6-8-19/h17-20,24,26-27H,1-16,23H2,(H,25,28)(H,29,30). The van der Waals surface area contributed by atoms with Gasteiger partial charge in [-0.3, -0.25) is 4.79 Å². The van der Waals surface area contributed by atoms with Crippen molar-refractivity contribution in [3.63, 3.8) is 0 Å². The molecule has 188 valence electrons. The molecule has 0 aromatic heterocycles. The maximum atomic E-state index is 11.9. The fourth-order valence-corrected chi connectivity index (χ4v) is 3.23. The highest BCUT2D eigenvalue weighted by molar-refractivity contribution is 5.83. The van der Waals surface area contributed by atoms with E-state index in [4.69, 9.17) is 20.3 Å². The van der Waals surface area contributed by atoms with Gasteiger partial charge in [0.2, 0.25) is 5.91 Å². The molecule has 10 heteroatoms. The van der Waals surface area contributed by atoms with Crippen LogP contribution in [0.25, 0.3) is 0 Å². The minimum Gasteiger partial charge on any atom is -0.480 e. The molecule has 0 heterocycles. The number of hydrogen-bond acceptors (Lipinski definition) is 8. The molecule has 1 rings (SSSR count). The summed E-state index contributed by atoms with van der Waals surface area (Å²) in [5, 5.41) is 34.6. The molecule has 1 amide bonds. The molecule has 1 fully saturated rings. The Labute approximate surface area is 191 Å². The van der Waals surface area contributed by atoms with Gasteiger partial charge in [-0.25, -0.2) is 4.79 Å². The maximum absolute atomic E-state index is 11.9. The first kappa shape index (κ1) is 28.7. The summed E-state index contributed by atoms with van der Waals surface area (Å²) in [5.74, 6) is -1.26. The minimum absolute atomic E-state index is 0.140. The van der Waals surface area contributed by atoms with Crippen LogP contribution in [0, 0.1) is 0 Å². The van der Waals surface area contributed by atoms with Crippen LogP contribution in [0.2, 0.25) is 0 Å². The molecule has 0 aromatic rings. The summed E-state index contributed by atoms with van der Waals surface area (Å²) < 4.78 is 10.8. The molecule has 3 unspecified atom stereocenters. The fourth-order valence-electron chi connectivity index (χ4n) is 3.23. The van der Waals surface area contributed by atoms with Gasteiger partial charge in [0.05, 0.1) is 32.0 Å². The van der Waals surface area contributed by atoms with Gasteiger partial charge >= 0.3 is 5.97 Å². The van der Waals surface area contributed by atoms with Crippen LogP contribution >= 0.6 is 0 Å². The van der Waals surface area contributed by atoms with Crippen LogP contribution in [0.1, 0.15) is 64.2 Å². The molecule has 32 heavy (non-hydrogen) atoms. The van der Waals surface area contributed by atoms with Crippen LogP contribution in [0.5, 0.6) is 0 Å². The smallest absolute Gasteiger partial charge is 0.326 e. The number of amides is 1. The SMILES string of the molecule is NCCCCC(NC(=O)CCCCCNCC(O)COCC(O)COC1CCC1)C(=O)O. The zero-order chi connectivity index (χ0) is 23.6. The lowest BCUT2D eigenvalue weighted by atomic mass is 9.96. The van der Waals surface area contributed by atoms with Crippen LogP contribution in [-0.4, -0.2) is 91.0 Å². The van der Waals surface area contributed by atoms with Gasteiger partial charge in [0, 0.05) is 13.0 Å². The number of nitrogens with two attached hydrogens (primary N) is 1. The highest BCUT2D eigenvalue weighted by Gasteiger charge is 2.20. The minimum atomic E-state index is -1.02. The predicted molar refractivity (Wildman–Crippen MR) is 120 cm³/mol. The molecule has 7 N–H and O–H groups in total. The third-order valence-electron chi connectivity index (χ3n) is 5.41. The van der Waals surface area contributed by atoms with Crippen molar-refractivity contribution in [1.82, 2.24) is 10.6 Å². The number of aliphatic hydroxyl groups excluding tert-OH is 2. The van der Waals surface area contributed by atoms with Crippen LogP contribution < -0.4 is 16.4 Å². The number of aliphatic hydroxyl groups is 2. The van der Waals surface area contributed by atoms with Crippen molar-refractivity contribution in [3.05, 3.63) is 0 Å². The third kappa shape index (κ3) is 14.7. The Hall–Kier alpha value is -1.30. The topological polar surface area (TPSA) is 163 Å². The van der Waals surface area contributed by atoms with Crippen molar-refractivity contribution in [2.24, 2.45) is 5.73 Å². The molecule has 0 aromatic carbocycles. The van der Waals surface area contributed by atoms with Crippen LogP contribution in [0.4, 0.5) is 0 Å². The third-order valence-corrected chi connectivity index (χ3v) is 5.41. The Balaban J connectivity index is 1.94. The van der Waals surface area contributed by atoms with Gasteiger partial charge in [-0.1, -0.05) is 6.42 Å². The van der Waals surface area contributed by atoms with Crippen molar-refractivity contribution >= 4 is 11.9 Å². The van der Waals surface area contributed by atoms with Gasteiger partial charge in [-0.15, -0.1) is 0 Å². The van der Waals surface area contributed by atoms with Gasteiger partial charge in [-0.2, -0.15) is 0 Å². The second kappa shape index (κ2) is 18.2. The molecule has 1 saturated carbocycles. The number of carboxylic acid groups (broad SMARTS) is 1. The fraction of sp³-hybridized carbons (Fsp3) is 0.909. The summed E-state index contributed by atoms with van der Waals surface area (Å²) in [4.78, 5) is 23.1. The highest BCUT2D eigenvalue weighted by Crippen LogP contribution is 2.21. The average Bonchev–Trinajstić information content (AvgIpc) is 2.71. The predicted octanol–water partition coefficient (Wildman–Crippen LogP) is 0.142. The van der Waals surface area contributed by atoms with E-state index < -0.39 is 24.2 Å². The second-order valence-electron chi connectivity index (χ2n) is 8.49. The molecule has 0 saturated heterocycles. The number of hydrogen-bond donors (Lipinski definition) is 6. The van der Waals surface area contributed by atoms with E-state index >= 15 is 0 Å². The van der Waals surface area contributed by atoms with E-state index in [-0.39, 0.29) is 31.8 Å². The number of carboxylic acids is 1. The molecule has 10 nitrogen and oxygen atoms in total. The number of nitrogens with one attached hydrogen (secondary N) is 2. The van der Waals surface area contributed by atoms with Crippen molar-refractivity contribution in [3.8, 4) is 0 Å². The monoisotopic (exact) mass is 461 g/mol. The number of rotatable bonds is 21. The van der Waals surface area contributed by atoms with E-state index in [1.54, 1.807) is 0 Å². The first-order valence-corrected chi connectivity index (χ1v) is 11.9. The molecule has 0 aliphatic heterocycles. The Bertz CT molecular complexity index is 506. The first-order chi connectivity index (χ1) is 15.4. The molecule has 0 spiro atoms. The van der Waals surface area contributed by atoms with Gasteiger partial charge in [0.15, 0.2) is 0 Å². The summed E-state index contributed by atoms with van der Waals surface area (Å²) in [6.45, 7) is 2.15. The zero-order valence-corrected chi connectivity index (χ0v) is 19.2. The van der Waals surface area contributed by atoms with E-state index in [0.29, 0.717) is 45.3 Å². The van der Waals surface area contributed by atoms with Gasteiger partial charge in [-0.05, 0) is 64.5 Å². The molecule has 0 bridgehead atoms. The quantitative estimate of drug-likeness (QED) is 0.131. The largest absolute Gasteiger partial charge is 0.480 e. The van der Waals surface area contributed by atoms with E-state index in [1.165, 1.54) is 6.42 Å². The zero-order valence-electron chi connectivity index (χ0n) is 19.2. The Kier molecular flexibility index (Phi) is 16.3. The molecular weight excluding hydrogens is 418 g/mol. The summed E-state index contributed by atoms with van der Waals surface area (Å²) in [6, 6.07) is -0.851. The van der Waals surface area contributed by atoms with Crippen LogP contribution in [-0.2, 0) is 19.1 Å². The first-order valence-electron chi connectivity index (χ1n) is 11.9. The Morgan fingerprint density at radius 2 is 1.75 bits per heavy atom. The van der Waals surface area contributed by atoms with Crippen molar-refractivity contribution in [2.45, 2.75) is 88.6 Å². The van der Waals surface area contributed by atoms with Gasteiger partial charge in [0.1, 0.15) is 12.1 Å². The number of unbranched alkanes of at least 4 members (excludes halogenated alkanes) is 3. The normalized spacial score (nSPS) is 16.8. The molecule has 1 aliphatic carbocycles. The summed E-state index contributed by atoms with van der Waals surface area (Å²) in [5.41, 5.74) is 5.41. The number of ether oxygens (including phenoxy) is 2. The van der Waals surface area contributed by atoms with Crippen molar-refractivity contribution in [1.29, 1.82) is 0 Å². The Morgan fingerprint density at radius 3 is 2.41 bits per heavy atom. The number of aliphatic carboxylic acids is 1. The second-order valence-corrected chi connectivity index (χ2v) is 8.49. The lowest BCUT2D eigenvalue weighted by Gasteiger charge is -2.26. The van der Waals surface area contributed by atoms with E-state index in [1.807, 2.05) is 0 Å². The lowest BCUT2D eigenvalue weighted by Crippen LogP contribution is -2.40. The molecule has 3 atom stereocenters. The van der Waals surface area contributed by atoms with E-state index in [0.717, 1.165) is 32.1 Å². The maximum Gasteiger partial charge on any atom is 0.326 e. The van der Waals surface area contributed by atoms with E-state index in [9.17, 15) is 19.8 Å². The van der Waals surface area contributed by atoms with Crippen molar-refractivity contribution in [2.75, 3.05) is 39.5 Å². The Morgan fingerprint density at radius 1 is 1.00 bits per heavy atom. The lowest BCUT2D eigenvalue weighted by molar-refractivity contribution is -0.142. The van der Waals surface area contributed by atoms with E-state index in [2.05, 4.69) is 10.6 Å². The van der Waals surface area contributed by atoms with Gasteiger partial charge in [0.25, 0.3) is 0 Å². The molecular formula is C22H43N3O7. The summed E-state index contributed by atoms with van der Waals surface area (Å²) in [7, 11) is 0. The molecule has 0 radical (unpaired) electrons. The molecule has 1 aliphatic rings. The van der Waals surface area contributed by atoms with Crippen LogP contribution in [0.15, 0.2) is 0 Å².